The lowest BCUT2D eigenvalue weighted by Gasteiger charge is -2.20. The number of ether oxygens (including phenoxy) is 1. The highest BCUT2D eigenvalue weighted by Gasteiger charge is 2.49. The normalized spacial score (nSPS) is 18.2. The quantitative estimate of drug-likeness (QED) is 0.361. The summed E-state index contributed by atoms with van der Waals surface area (Å²) in [5.74, 6) is -0.301. The predicted molar refractivity (Wildman–Crippen MR) is 115 cm³/mol. The van der Waals surface area contributed by atoms with Crippen LogP contribution in [0.2, 0.25) is 0 Å². The minimum Gasteiger partial charge on any atom is -0.507 e. The first kappa shape index (κ1) is 20.8. The number of benzene rings is 1. The van der Waals surface area contributed by atoms with Gasteiger partial charge in [-0.05, 0) is 64.1 Å². The van der Waals surface area contributed by atoms with E-state index in [1.807, 2.05) is 13.8 Å². The van der Waals surface area contributed by atoms with Gasteiger partial charge in [-0.2, -0.15) is 0 Å². The Labute approximate surface area is 182 Å². The van der Waals surface area contributed by atoms with Crippen LogP contribution in [-0.4, -0.2) is 33.1 Å². The second-order valence-corrected chi connectivity index (χ2v) is 8.57. The number of amides is 1. The Kier molecular flexibility index (Phi) is 5.36. The maximum absolute atomic E-state index is 13.0. The highest BCUT2D eigenvalue weighted by molar-refractivity contribution is 7.15. The average Bonchev–Trinajstić information content (AvgIpc) is 3.40. The monoisotopic (exact) mass is 439 g/mol. The van der Waals surface area contributed by atoms with Crippen LogP contribution in [0.5, 0.6) is 5.75 Å². The molecule has 8 nitrogen and oxygen atoms in total. The van der Waals surface area contributed by atoms with Gasteiger partial charge in [0.2, 0.25) is 5.13 Å². The van der Waals surface area contributed by atoms with Gasteiger partial charge in [-0.3, -0.25) is 14.5 Å². The molecule has 1 aromatic carbocycles. The molecule has 3 aromatic rings. The number of aliphatic hydroxyl groups is 1. The van der Waals surface area contributed by atoms with Gasteiger partial charge in [0.15, 0.2) is 0 Å². The molecule has 1 atom stereocenters. The lowest BCUT2D eigenvalue weighted by atomic mass is 9.99. The van der Waals surface area contributed by atoms with E-state index in [0.717, 1.165) is 0 Å². The van der Waals surface area contributed by atoms with Crippen molar-refractivity contribution in [1.29, 1.82) is 0 Å². The molecule has 0 spiro atoms. The highest BCUT2D eigenvalue weighted by Crippen LogP contribution is 2.43. The fourth-order valence-electron chi connectivity index (χ4n) is 3.40. The lowest BCUT2D eigenvalue weighted by molar-refractivity contribution is -0.132. The van der Waals surface area contributed by atoms with Crippen molar-refractivity contribution in [2.24, 2.45) is 0 Å². The van der Waals surface area contributed by atoms with Crippen LogP contribution in [0.4, 0.5) is 5.13 Å². The molecule has 160 valence electrons. The van der Waals surface area contributed by atoms with E-state index in [-0.39, 0.29) is 22.6 Å². The molecule has 1 aliphatic heterocycles. The molecule has 4 rings (SSSR count). The van der Waals surface area contributed by atoms with E-state index in [1.54, 1.807) is 50.2 Å². The number of aryl methyl sites for hydroxylation is 2. The van der Waals surface area contributed by atoms with Gasteiger partial charge >= 0.3 is 5.91 Å². The van der Waals surface area contributed by atoms with Crippen LogP contribution in [0.1, 0.15) is 42.0 Å². The van der Waals surface area contributed by atoms with Crippen molar-refractivity contribution in [3.8, 4) is 5.75 Å². The Bertz CT molecular complexity index is 1180. The summed E-state index contributed by atoms with van der Waals surface area (Å²) >= 11 is 1.18. The van der Waals surface area contributed by atoms with E-state index < -0.39 is 17.7 Å². The molecule has 0 bridgehead atoms. The molecule has 1 saturated heterocycles. The van der Waals surface area contributed by atoms with Gasteiger partial charge < -0.3 is 14.3 Å². The van der Waals surface area contributed by atoms with Crippen LogP contribution in [0.3, 0.4) is 0 Å². The number of carbonyl (C=O) groups is 2. The number of aromatic nitrogens is 2. The number of anilines is 1. The molecule has 3 heterocycles. The minimum absolute atomic E-state index is 0.00215. The summed E-state index contributed by atoms with van der Waals surface area (Å²) in [4.78, 5) is 27.2. The van der Waals surface area contributed by atoms with Gasteiger partial charge in [0.05, 0.1) is 11.7 Å². The number of carbonyl (C=O) groups excluding carboxylic acids is 2. The molecule has 0 radical (unpaired) electrons. The summed E-state index contributed by atoms with van der Waals surface area (Å²) in [5, 5.41) is 19.9. The van der Waals surface area contributed by atoms with Gasteiger partial charge in [-0.15, -0.1) is 10.2 Å². The molecule has 9 heteroatoms. The van der Waals surface area contributed by atoms with Crippen LogP contribution in [0, 0.1) is 13.8 Å². The number of hydrogen-bond acceptors (Lipinski definition) is 8. The topological polar surface area (TPSA) is 106 Å². The SMILES string of the molecule is Cc1ccc([C@H]2/C(=C(\O)c3ccc(OC(C)C)cc3)C(=O)C(=O)N2c2nnc(C)s2)o1. The standard InChI is InChI=1S/C22H21N3O5S/c1-11(2)29-15-8-6-14(7-9-15)19(26)17-18(16-10-5-12(3)30-16)25(21(28)20(17)27)22-24-23-13(4)31-22/h5-11,18,26H,1-4H3/b19-17+/t18-/m0/s1. The molecule has 1 fully saturated rings. The summed E-state index contributed by atoms with van der Waals surface area (Å²) < 4.78 is 11.4. The molecule has 0 unspecified atom stereocenters. The van der Waals surface area contributed by atoms with Crippen LogP contribution in [0.25, 0.3) is 5.76 Å². The maximum atomic E-state index is 13.0. The molecular weight excluding hydrogens is 418 g/mol. The van der Waals surface area contributed by atoms with Gasteiger partial charge in [-0.1, -0.05) is 11.3 Å². The molecule has 2 aromatic heterocycles. The maximum Gasteiger partial charge on any atom is 0.302 e. The Hall–Kier alpha value is -3.46. The third-order valence-electron chi connectivity index (χ3n) is 4.70. The van der Waals surface area contributed by atoms with Crippen molar-refractivity contribution in [2.75, 3.05) is 4.90 Å². The van der Waals surface area contributed by atoms with Gasteiger partial charge in [0.25, 0.3) is 5.78 Å². The van der Waals surface area contributed by atoms with Gasteiger partial charge in [0, 0.05) is 5.56 Å². The van der Waals surface area contributed by atoms with Crippen LogP contribution >= 0.6 is 11.3 Å². The van der Waals surface area contributed by atoms with E-state index in [2.05, 4.69) is 10.2 Å². The average molecular weight is 439 g/mol. The molecule has 1 amide bonds. The second-order valence-electron chi connectivity index (χ2n) is 7.41. The fraction of sp³-hybridized carbons (Fsp3) is 0.273. The van der Waals surface area contributed by atoms with Crippen LogP contribution in [0.15, 0.2) is 46.4 Å². The van der Waals surface area contributed by atoms with Crippen molar-refractivity contribution < 1.29 is 23.8 Å². The zero-order valence-corrected chi connectivity index (χ0v) is 18.3. The van der Waals surface area contributed by atoms with E-state index in [1.165, 1.54) is 16.2 Å². The fourth-order valence-corrected chi connectivity index (χ4v) is 4.12. The zero-order valence-electron chi connectivity index (χ0n) is 17.4. The first-order valence-corrected chi connectivity index (χ1v) is 10.5. The van der Waals surface area contributed by atoms with E-state index in [4.69, 9.17) is 9.15 Å². The number of rotatable bonds is 5. The molecular formula is C22H21N3O5S. The predicted octanol–water partition coefficient (Wildman–Crippen LogP) is 4.16. The number of Topliss-reactive ketones (excluding diaryl/α,β-unsaturated/α-hetero) is 1. The highest BCUT2D eigenvalue weighted by atomic mass is 32.1. The number of hydrogen-bond donors (Lipinski definition) is 1. The molecule has 1 N–H and O–H groups in total. The Morgan fingerprint density at radius 3 is 2.39 bits per heavy atom. The molecule has 1 aliphatic rings. The van der Waals surface area contributed by atoms with Crippen molar-refractivity contribution in [1.82, 2.24) is 10.2 Å². The van der Waals surface area contributed by atoms with Crippen molar-refractivity contribution in [3.05, 3.63) is 64.1 Å². The number of aliphatic hydroxyl groups excluding tert-OH is 1. The first-order chi connectivity index (χ1) is 14.8. The number of nitrogens with zero attached hydrogens (tertiary/aromatic N) is 3. The number of ketones is 1. The summed E-state index contributed by atoms with van der Waals surface area (Å²) in [6.45, 7) is 7.34. The number of furan rings is 1. The Morgan fingerprint density at radius 1 is 1.13 bits per heavy atom. The van der Waals surface area contributed by atoms with Gasteiger partial charge in [-0.25, -0.2) is 0 Å². The minimum atomic E-state index is -0.951. The largest absolute Gasteiger partial charge is 0.507 e. The zero-order chi connectivity index (χ0) is 22.3. The molecule has 31 heavy (non-hydrogen) atoms. The Morgan fingerprint density at radius 2 is 1.84 bits per heavy atom. The van der Waals surface area contributed by atoms with Crippen LogP contribution in [-0.2, 0) is 9.59 Å². The summed E-state index contributed by atoms with van der Waals surface area (Å²) in [7, 11) is 0. The Balaban J connectivity index is 1.84. The summed E-state index contributed by atoms with van der Waals surface area (Å²) in [5.41, 5.74) is 0.320. The third kappa shape index (κ3) is 3.84. The van der Waals surface area contributed by atoms with E-state index >= 15 is 0 Å². The molecule has 0 aliphatic carbocycles. The van der Waals surface area contributed by atoms with E-state index in [0.29, 0.717) is 27.8 Å². The smallest absolute Gasteiger partial charge is 0.302 e. The second kappa shape index (κ2) is 7.99. The third-order valence-corrected chi connectivity index (χ3v) is 5.53. The molecule has 0 saturated carbocycles. The van der Waals surface area contributed by atoms with Crippen molar-refractivity contribution in [3.63, 3.8) is 0 Å². The summed E-state index contributed by atoms with van der Waals surface area (Å²) in [6, 6.07) is 9.14. The lowest BCUT2D eigenvalue weighted by Crippen LogP contribution is -2.29. The van der Waals surface area contributed by atoms with Crippen LogP contribution < -0.4 is 9.64 Å². The first-order valence-electron chi connectivity index (χ1n) is 9.70. The van der Waals surface area contributed by atoms with Crippen molar-refractivity contribution >= 4 is 33.9 Å². The van der Waals surface area contributed by atoms with Crippen molar-refractivity contribution in [2.45, 2.75) is 39.8 Å². The van der Waals surface area contributed by atoms with E-state index in [9.17, 15) is 14.7 Å². The van der Waals surface area contributed by atoms with Gasteiger partial charge in [0.1, 0.15) is 34.1 Å². The summed E-state index contributed by atoms with van der Waals surface area (Å²) in [6.07, 6.45) is 0.00215.